The predicted molar refractivity (Wildman–Crippen MR) is 108 cm³/mol. The molecule has 2 aromatic carbocycles. The van der Waals surface area contributed by atoms with Gasteiger partial charge in [-0.3, -0.25) is 10.1 Å². The van der Waals surface area contributed by atoms with Crippen molar-refractivity contribution in [2.75, 3.05) is 67.1 Å². The fourth-order valence-electron chi connectivity index (χ4n) is 3.97. The average Bonchev–Trinajstić information content (AvgIpc) is 2.74. The largest absolute Gasteiger partial charge is 0.368 e. The van der Waals surface area contributed by atoms with Crippen molar-refractivity contribution in [2.24, 2.45) is 0 Å². The number of nitrogens with zero attached hydrogens (tertiary/aromatic N) is 4. The van der Waals surface area contributed by atoms with Crippen LogP contribution in [0.2, 0.25) is 0 Å². The zero-order valence-electron chi connectivity index (χ0n) is 15.5. The molecular formula is C20H26N5O2+. The Labute approximate surface area is 159 Å². The molecule has 2 aliphatic rings. The topological polar surface area (TPSA) is 69.5 Å². The summed E-state index contributed by atoms with van der Waals surface area (Å²) in [4.78, 5) is 18.2. The molecule has 0 unspecified atom stereocenters. The first-order valence-electron chi connectivity index (χ1n) is 9.62. The number of anilines is 3. The summed E-state index contributed by atoms with van der Waals surface area (Å²) in [5.41, 5.74) is 3.26. The number of nitrogens with two attached hydrogens (primary N) is 1. The first kappa shape index (κ1) is 17.6. The first-order valence-corrected chi connectivity index (χ1v) is 9.62. The Hall–Kier alpha value is -2.80. The van der Waals surface area contributed by atoms with Crippen molar-refractivity contribution in [3.05, 3.63) is 58.6 Å². The molecule has 0 radical (unpaired) electrons. The molecule has 0 aliphatic carbocycles. The number of hydrogen-bond acceptors (Lipinski definition) is 5. The van der Waals surface area contributed by atoms with Crippen LogP contribution < -0.4 is 20.0 Å². The SMILES string of the molecule is O=[N+]([O-])c1ccc(N2CC[NH2+]CC2)cc1N1CCN(c2ccccc2)CC1. The van der Waals surface area contributed by atoms with Crippen LogP contribution in [0, 0.1) is 10.1 Å². The van der Waals surface area contributed by atoms with Crippen LogP contribution in [-0.4, -0.2) is 57.3 Å². The van der Waals surface area contributed by atoms with E-state index in [1.54, 1.807) is 6.07 Å². The van der Waals surface area contributed by atoms with E-state index in [1.165, 1.54) is 5.69 Å². The van der Waals surface area contributed by atoms with E-state index in [9.17, 15) is 10.1 Å². The summed E-state index contributed by atoms with van der Waals surface area (Å²) >= 11 is 0. The Morgan fingerprint density at radius 3 is 2.07 bits per heavy atom. The highest BCUT2D eigenvalue weighted by Crippen LogP contribution is 2.33. The molecule has 0 atom stereocenters. The van der Waals surface area contributed by atoms with Crippen LogP contribution in [0.15, 0.2) is 48.5 Å². The maximum Gasteiger partial charge on any atom is 0.292 e. The number of piperazine rings is 2. The number of quaternary nitrogens is 1. The van der Waals surface area contributed by atoms with E-state index in [0.29, 0.717) is 0 Å². The van der Waals surface area contributed by atoms with Gasteiger partial charge in [0.05, 0.1) is 31.1 Å². The second-order valence-corrected chi connectivity index (χ2v) is 7.09. The molecule has 0 aromatic heterocycles. The lowest BCUT2D eigenvalue weighted by molar-refractivity contribution is -0.655. The van der Waals surface area contributed by atoms with Crippen LogP contribution in [-0.2, 0) is 0 Å². The molecule has 2 aromatic rings. The minimum atomic E-state index is -0.257. The molecule has 2 fully saturated rings. The van der Waals surface area contributed by atoms with Gasteiger partial charge in [0, 0.05) is 43.6 Å². The monoisotopic (exact) mass is 368 g/mol. The summed E-state index contributed by atoms with van der Waals surface area (Å²) in [6.07, 6.45) is 0. The van der Waals surface area contributed by atoms with Crippen LogP contribution in [0.25, 0.3) is 0 Å². The zero-order chi connectivity index (χ0) is 18.6. The summed E-state index contributed by atoms with van der Waals surface area (Å²) < 4.78 is 0. The maximum absolute atomic E-state index is 11.6. The number of hydrogen-bond donors (Lipinski definition) is 1. The van der Waals surface area contributed by atoms with Gasteiger partial charge in [-0.2, -0.15) is 0 Å². The Balaban J connectivity index is 1.54. The molecular weight excluding hydrogens is 342 g/mol. The Morgan fingerprint density at radius 2 is 1.41 bits per heavy atom. The van der Waals surface area contributed by atoms with Gasteiger partial charge >= 0.3 is 0 Å². The van der Waals surface area contributed by atoms with Crippen LogP contribution in [0.3, 0.4) is 0 Å². The van der Waals surface area contributed by atoms with Gasteiger partial charge < -0.3 is 20.0 Å². The lowest BCUT2D eigenvalue weighted by atomic mass is 10.1. The van der Waals surface area contributed by atoms with Crippen molar-refractivity contribution in [1.82, 2.24) is 0 Å². The molecule has 4 rings (SSSR count). The van der Waals surface area contributed by atoms with Gasteiger partial charge in [0.2, 0.25) is 0 Å². The van der Waals surface area contributed by atoms with E-state index in [0.717, 1.165) is 63.7 Å². The third-order valence-electron chi connectivity index (χ3n) is 5.47. The highest BCUT2D eigenvalue weighted by atomic mass is 16.6. The quantitative estimate of drug-likeness (QED) is 0.651. The third kappa shape index (κ3) is 3.83. The molecule has 7 heteroatoms. The fraction of sp³-hybridized carbons (Fsp3) is 0.400. The summed E-state index contributed by atoms with van der Waals surface area (Å²) in [6.45, 7) is 7.41. The van der Waals surface area contributed by atoms with Gasteiger partial charge in [0.15, 0.2) is 0 Å². The van der Waals surface area contributed by atoms with E-state index >= 15 is 0 Å². The summed E-state index contributed by atoms with van der Waals surface area (Å²) in [6, 6.07) is 15.9. The van der Waals surface area contributed by atoms with E-state index in [-0.39, 0.29) is 10.6 Å². The van der Waals surface area contributed by atoms with Crippen LogP contribution in [0.5, 0.6) is 0 Å². The third-order valence-corrected chi connectivity index (χ3v) is 5.47. The van der Waals surface area contributed by atoms with Crippen molar-refractivity contribution in [3.63, 3.8) is 0 Å². The standard InChI is InChI=1S/C20H25N5O2/c26-25(27)19-7-6-18(22-10-8-21-9-11-22)16-20(19)24-14-12-23(13-15-24)17-4-2-1-3-5-17/h1-7,16,21H,8-15H2/p+1. The van der Waals surface area contributed by atoms with Gasteiger partial charge in [-0.05, 0) is 24.3 Å². The van der Waals surface area contributed by atoms with Gasteiger partial charge in [0.1, 0.15) is 5.69 Å². The molecule has 2 saturated heterocycles. The number of nitro benzene ring substituents is 1. The molecule has 0 bridgehead atoms. The number of benzene rings is 2. The molecule has 142 valence electrons. The molecule has 0 saturated carbocycles. The molecule has 0 spiro atoms. The minimum Gasteiger partial charge on any atom is -0.368 e. The lowest BCUT2D eigenvalue weighted by Gasteiger charge is -2.37. The van der Waals surface area contributed by atoms with Crippen LogP contribution in [0.1, 0.15) is 0 Å². The zero-order valence-corrected chi connectivity index (χ0v) is 15.5. The van der Waals surface area contributed by atoms with Crippen molar-refractivity contribution in [2.45, 2.75) is 0 Å². The molecule has 2 heterocycles. The first-order chi connectivity index (χ1) is 13.2. The van der Waals surface area contributed by atoms with Crippen LogP contribution >= 0.6 is 0 Å². The van der Waals surface area contributed by atoms with Gasteiger partial charge in [-0.25, -0.2) is 0 Å². The Morgan fingerprint density at radius 1 is 0.778 bits per heavy atom. The van der Waals surface area contributed by atoms with Crippen molar-refractivity contribution < 1.29 is 10.2 Å². The number of rotatable bonds is 4. The molecule has 2 N–H and O–H groups in total. The van der Waals surface area contributed by atoms with Gasteiger partial charge in [-0.1, -0.05) is 18.2 Å². The molecule has 2 aliphatic heterocycles. The molecule has 7 nitrogen and oxygen atoms in total. The smallest absolute Gasteiger partial charge is 0.292 e. The van der Waals surface area contributed by atoms with E-state index in [1.807, 2.05) is 30.3 Å². The van der Waals surface area contributed by atoms with Gasteiger partial charge in [-0.15, -0.1) is 0 Å². The van der Waals surface area contributed by atoms with E-state index in [2.05, 4.69) is 32.1 Å². The van der Waals surface area contributed by atoms with Crippen molar-refractivity contribution >= 4 is 22.7 Å². The van der Waals surface area contributed by atoms with Crippen molar-refractivity contribution in [3.8, 4) is 0 Å². The Bertz CT molecular complexity index is 784. The number of para-hydroxylation sites is 1. The fourth-order valence-corrected chi connectivity index (χ4v) is 3.97. The summed E-state index contributed by atoms with van der Waals surface area (Å²) in [7, 11) is 0. The normalized spacial score (nSPS) is 17.9. The minimum absolute atomic E-state index is 0.204. The maximum atomic E-state index is 11.6. The summed E-state index contributed by atoms with van der Waals surface area (Å²) in [5, 5.41) is 13.9. The predicted octanol–water partition coefficient (Wildman–Crippen LogP) is 1.30. The summed E-state index contributed by atoms with van der Waals surface area (Å²) in [5.74, 6) is 0. The molecule has 27 heavy (non-hydrogen) atoms. The van der Waals surface area contributed by atoms with Crippen molar-refractivity contribution in [1.29, 1.82) is 0 Å². The lowest BCUT2D eigenvalue weighted by Crippen LogP contribution is -2.89. The average molecular weight is 368 g/mol. The van der Waals surface area contributed by atoms with Gasteiger partial charge in [0.25, 0.3) is 5.69 Å². The highest BCUT2D eigenvalue weighted by molar-refractivity contribution is 5.71. The van der Waals surface area contributed by atoms with E-state index in [4.69, 9.17) is 0 Å². The Kier molecular flexibility index (Phi) is 5.11. The second-order valence-electron chi connectivity index (χ2n) is 7.09. The molecule has 0 amide bonds. The second kappa shape index (κ2) is 7.84. The van der Waals surface area contributed by atoms with E-state index < -0.39 is 0 Å². The number of nitro groups is 1. The van der Waals surface area contributed by atoms with Crippen LogP contribution in [0.4, 0.5) is 22.7 Å². The highest BCUT2D eigenvalue weighted by Gasteiger charge is 2.25.